The summed E-state index contributed by atoms with van der Waals surface area (Å²) in [6.45, 7) is 7.55. The van der Waals surface area contributed by atoms with Gasteiger partial charge in [0.2, 0.25) is 11.9 Å². The zero-order valence-electron chi connectivity index (χ0n) is 19.1. The van der Waals surface area contributed by atoms with Crippen molar-refractivity contribution in [3.8, 4) is 0 Å². The van der Waals surface area contributed by atoms with Gasteiger partial charge >= 0.3 is 0 Å². The number of oxime groups is 1. The van der Waals surface area contributed by atoms with Gasteiger partial charge in [-0.1, -0.05) is 32.9 Å². The number of hydrogen-bond acceptors (Lipinski definition) is 6. The Morgan fingerprint density at radius 3 is 2.33 bits per heavy atom. The van der Waals surface area contributed by atoms with Crippen LogP contribution in [0.3, 0.4) is 0 Å². The Hall–Kier alpha value is -3.54. The van der Waals surface area contributed by atoms with E-state index in [1.54, 1.807) is 25.1 Å². The number of aromatic nitrogens is 1. The first-order chi connectivity index (χ1) is 15.3. The van der Waals surface area contributed by atoms with E-state index in [1.165, 1.54) is 22.8 Å². The average molecular weight is 479 g/mol. The first-order valence-corrected chi connectivity index (χ1v) is 11.6. The van der Waals surface area contributed by atoms with Gasteiger partial charge in [-0.2, -0.15) is 0 Å². The Labute approximate surface area is 192 Å². The molecule has 0 saturated carbocycles. The Morgan fingerprint density at radius 2 is 1.76 bits per heavy atom. The van der Waals surface area contributed by atoms with Crippen molar-refractivity contribution in [2.45, 2.75) is 44.6 Å². The second kappa shape index (κ2) is 10.4. The van der Waals surface area contributed by atoms with Crippen molar-refractivity contribution < 1.29 is 18.0 Å². The fourth-order valence-corrected chi connectivity index (χ4v) is 3.90. The third-order valence-electron chi connectivity index (χ3n) is 4.65. The maximum Gasteiger partial charge on any atom is 0.275 e. The van der Waals surface area contributed by atoms with Crippen LogP contribution in [-0.2, 0) is 31.6 Å². The van der Waals surface area contributed by atoms with Gasteiger partial charge in [0.15, 0.2) is 0 Å². The Balaban J connectivity index is 2.14. The molecule has 1 aromatic heterocycles. The van der Waals surface area contributed by atoms with Gasteiger partial charge in [0.05, 0.1) is 11.4 Å². The van der Waals surface area contributed by atoms with E-state index >= 15 is 0 Å². The number of pyridine rings is 1. The number of carbonyl (C=O) groups excluding carboxylic acids is 1. The van der Waals surface area contributed by atoms with Gasteiger partial charge in [0.25, 0.3) is 15.6 Å². The largest absolute Gasteiger partial charge is 0.391 e. The van der Waals surface area contributed by atoms with Crippen molar-refractivity contribution in [1.82, 2.24) is 9.88 Å². The minimum absolute atomic E-state index is 0.0283. The Morgan fingerprint density at radius 1 is 1.12 bits per heavy atom. The standard InChI is InChI=1S/C21H30N6O5S/c1-14-5-10-17(19(29)27(14)13-18(28)24-11-12-32-25-20(22)23)26-33(30,31)16-8-6-15(7-9-16)21(2,3)4/h5-10,26H,11-13H2,1-4H3,(H,24,28)(H4,22,23,25). The lowest BCUT2D eigenvalue weighted by molar-refractivity contribution is -0.122. The number of aryl methyl sites for hydroxylation is 1. The molecule has 2 rings (SSSR count). The fraction of sp³-hybridized carbons (Fsp3) is 0.381. The van der Waals surface area contributed by atoms with Crippen LogP contribution < -0.4 is 27.1 Å². The molecule has 0 aliphatic carbocycles. The van der Waals surface area contributed by atoms with E-state index in [4.69, 9.17) is 16.3 Å². The number of amides is 1. The molecule has 12 heteroatoms. The molecular weight excluding hydrogens is 448 g/mol. The molecule has 180 valence electrons. The van der Waals surface area contributed by atoms with Crippen molar-refractivity contribution in [2.75, 3.05) is 17.9 Å². The Bertz CT molecular complexity index is 1180. The highest BCUT2D eigenvalue weighted by Gasteiger charge is 2.20. The zero-order chi connectivity index (χ0) is 24.8. The van der Waals surface area contributed by atoms with E-state index in [-0.39, 0.29) is 41.7 Å². The van der Waals surface area contributed by atoms with Crippen molar-refractivity contribution in [1.29, 1.82) is 0 Å². The number of nitrogens with one attached hydrogen (secondary N) is 2. The van der Waals surface area contributed by atoms with E-state index < -0.39 is 21.5 Å². The van der Waals surface area contributed by atoms with E-state index in [2.05, 4.69) is 15.2 Å². The molecule has 11 nitrogen and oxygen atoms in total. The number of nitrogens with zero attached hydrogens (tertiary/aromatic N) is 2. The monoisotopic (exact) mass is 478 g/mol. The van der Waals surface area contributed by atoms with Crippen LogP contribution in [0, 0.1) is 6.92 Å². The predicted molar refractivity (Wildman–Crippen MR) is 126 cm³/mol. The third kappa shape index (κ3) is 7.24. The summed E-state index contributed by atoms with van der Waals surface area (Å²) in [6.07, 6.45) is 0. The number of sulfonamides is 1. The molecule has 0 fully saturated rings. The van der Waals surface area contributed by atoms with E-state index in [1.807, 2.05) is 20.8 Å². The highest BCUT2D eigenvalue weighted by atomic mass is 32.2. The van der Waals surface area contributed by atoms with Crippen LogP contribution in [0.5, 0.6) is 0 Å². The molecule has 0 aliphatic heterocycles. The van der Waals surface area contributed by atoms with Crippen LogP contribution in [0.15, 0.2) is 51.2 Å². The molecule has 6 N–H and O–H groups in total. The Kier molecular flexibility index (Phi) is 8.09. The van der Waals surface area contributed by atoms with Gasteiger partial charge in [-0.25, -0.2) is 8.42 Å². The van der Waals surface area contributed by atoms with Gasteiger partial charge < -0.3 is 26.2 Å². The van der Waals surface area contributed by atoms with Crippen LogP contribution >= 0.6 is 0 Å². The summed E-state index contributed by atoms with van der Waals surface area (Å²) in [5.41, 5.74) is 10.8. The van der Waals surface area contributed by atoms with E-state index in [9.17, 15) is 18.0 Å². The predicted octanol–water partition coefficient (Wildman–Crippen LogP) is 0.576. The number of anilines is 1. The summed E-state index contributed by atoms with van der Waals surface area (Å²) in [7, 11) is -4.00. The molecule has 0 saturated heterocycles. The number of nitrogens with two attached hydrogens (primary N) is 2. The normalized spacial score (nSPS) is 11.5. The SMILES string of the molecule is Cc1ccc(NS(=O)(=O)c2ccc(C(C)(C)C)cc2)c(=O)n1CC(=O)NCCON=C(N)N. The average Bonchev–Trinajstić information content (AvgIpc) is 2.72. The first kappa shape index (κ1) is 25.7. The molecule has 0 unspecified atom stereocenters. The molecule has 1 amide bonds. The minimum Gasteiger partial charge on any atom is -0.391 e. The lowest BCUT2D eigenvalue weighted by atomic mass is 9.87. The first-order valence-electron chi connectivity index (χ1n) is 10.1. The maximum absolute atomic E-state index is 12.9. The summed E-state index contributed by atoms with van der Waals surface area (Å²) in [6, 6.07) is 9.39. The van der Waals surface area contributed by atoms with Gasteiger partial charge in [0, 0.05) is 5.69 Å². The van der Waals surface area contributed by atoms with Crippen LogP contribution in [0.1, 0.15) is 32.0 Å². The second-order valence-electron chi connectivity index (χ2n) is 8.36. The van der Waals surface area contributed by atoms with Crippen LogP contribution in [0.25, 0.3) is 0 Å². The molecule has 33 heavy (non-hydrogen) atoms. The molecule has 1 heterocycles. The second-order valence-corrected chi connectivity index (χ2v) is 10.0. The molecule has 0 bridgehead atoms. The fourth-order valence-electron chi connectivity index (χ4n) is 2.84. The lowest BCUT2D eigenvalue weighted by Crippen LogP contribution is -2.36. The van der Waals surface area contributed by atoms with Crippen LogP contribution in [-0.4, -0.2) is 38.0 Å². The number of guanidine groups is 1. The van der Waals surface area contributed by atoms with Gasteiger partial charge in [-0.05, 0) is 47.3 Å². The van der Waals surface area contributed by atoms with Crippen molar-refractivity contribution in [3.05, 3.63) is 58.0 Å². The highest BCUT2D eigenvalue weighted by Crippen LogP contribution is 2.24. The number of rotatable bonds is 9. The summed E-state index contributed by atoms with van der Waals surface area (Å²) >= 11 is 0. The topological polar surface area (TPSA) is 171 Å². The quantitative estimate of drug-likeness (QED) is 0.177. The number of benzene rings is 1. The molecule has 1 aromatic carbocycles. The van der Waals surface area contributed by atoms with Crippen molar-refractivity contribution >= 4 is 27.6 Å². The molecule has 0 spiro atoms. The molecular formula is C21H30N6O5S. The maximum atomic E-state index is 12.9. The highest BCUT2D eigenvalue weighted by molar-refractivity contribution is 7.92. The van der Waals surface area contributed by atoms with Crippen LogP contribution in [0.2, 0.25) is 0 Å². The minimum atomic E-state index is -4.00. The molecule has 2 aromatic rings. The molecule has 0 radical (unpaired) electrons. The van der Waals surface area contributed by atoms with E-state index in [0.717, 1.165) is 5.56 Å². The third-order valence-corrected chi connectivity index (χ3v) is 6.04. The number of hydrogen-bond donors (Lipinski definition) is 4. The number of carbonyl (C=O) groups is 1. The zero-order valence-corrected chi connectivity index (χ0v) is 19.9. The lowest BCUT2D eigenvalue weighted by Gasteiger charge is -2.19. The van der Waals surface area contributed by atoms with E-state index in [0.29, 0.717) is 5.69 Å². The molecule has 0 atom stereocenters. The smallest absolute Gasteiger partial charge is 0.275 e. The van der Waals surface area contributed by atoms with Gasteiger partial charge in [0.1, 0.15) is 18.8 Å². The summed E-state index contributed by atoms with van der Waals surface area (Å²) in [5, 5.41) is 5.88. The van der Waals surface area contributed by atoms with Crippen molar-refractivity contribution in [2.24, 2.45) is 16.6 Å². The summed E-state index contributed by atoms with van der Waals surface area (Å²) in [5.74, 6) is -0.709. The van der Waals surface area contributed by atoms with Crippen LogP contribution in [0.4, 0.5) is 5.69 Å². The summed E-state index contributed by atoms with van der Waals surface area (Å²) in [4.78, 5) is 29.8. The van der Waals surface area contributed by atoms with Crippen molar-refractivity contribution in [3.63, 3.8) is 0 Å². The van der Waals surface area contributed by atoms with Gasteiger partial charge in [-0.3, -0.25) is 14.3 Å². The summed E-state index contributed by atoms with van der Waals surface area (Å²) < 4.78 is 29.1. The molecule has 0 aliphatic rings. The van der Waals surface area contributed by atoms with Gasteiger partial charge in [-0.15, -0.1) is 0 Å².